The molecule has 1 aromatic carbocycles. The van der Waals surface area contributed by atoms with Gasteiger partial charge in [0.15, 0.2) is 0 Å². The molecule has 0 heterocycles. The monoisotopic (exact) mass is 254 g/mol. The van der Waals surface area contributed by atoms with E-state index in [0.29, 0.717) is 5.92 Å². The molecule has 18 heavy (non-hydrogen) atoms. The van der Waals surface area contributed by atoms with E-state index >= 15 is 0 Å². The normalized spacial score (nSPS) is 20.8. The molecule has 0 unspecified atom stereocenters. The molecule has 0 aromatic heterocycles. The summed E-state index contributed by atoms with van der Waals surface area (Å²) < 4.78 is 36.3. The van der Waals surface area contributed by atoms with Crippen LogP contribution in [0.5, 0.6) is 0 Å². The molecule has 0 N–H and O–H groups in total. The second-order valence-electron chi connectivity index (χ2n) is 4.87. The Hall–Kier alpha value is -1.25. The summed E-state index contributed by atoms with van der Waals surface area (Å²) in [6, 6.07) is 10.2. The van der Waals surface area contributed by atoms with Crippen LogP contribution in [0.3, 0.4) is 0 Å². The maximum atomic E-state index is 12.1. The molecule has 3 heteroatoms. The van der Waals surface area contributed by atoms with Crippen LogP contribution in [0.1, 0.15) is 43.6 Å². The van der Waals surface area contributed by atoms with Crippen LogP contribution in [0.4, 0.5) is 13.2 Å². The number of benzene rings is 1. The predicted octanol–water partition coefficient (Wildman–Crippen LogP) is 5.22. The molecule has 0 atom stereocenters. The van der Waals surface area contributed by atoms with E-state index in [0.717, 1.165) is 31.3 Å². The number of rotatable bonds is 2. The molecular formula is C15H17F3. The third kappa shape index (κ3) is 3.90. The Balaban J connectivity index is 1.89. The Bertz CT molecular complexity index is 393. The number of hydrogen-bond acceptors (Lipinski definition) is 0. The molecule has 1 aliphatic carbocycles. The van der Waals surface area contributed by atoms with Crippen molar-refractivity contribution in [2.75, 3.05) is 0 Å². The van der Waals surface area contributed by atoms with Gasteiger partial charge < -0.3 is 0 Å². The van der Waals surface area contributed by atoms with Crippen LogP contribution < -0.4 is 0 Å². The molecule has 0 spiro atoms. The van der Waals surface area contributed by atoms with E-state index in [1.165, 1.54) is 11.6 Å². The summed E-state index contributed by atoms with van der Waals surface area (Å²) in [5.74, 6) is 0.509. The SMILES string of the molecule is FC(F)(F)CC=C1CCC(c2ccccc2)CC1. The van der Waals surface area contributed by atoms with Crippen molar-refractivity contribution in [3.05, 3.63) is 47.5 Å². The Kier molecular flexibility index (Phi) is 4.10. The van der Waals surface area contributed by atoms with Gasteiger partial charge in [-0.25, -0.2) is 0 Å². The maximum Gasteiger partial charge on any atom is 0.392 e. The van der Waals surface area contributed by atoms with Gasteiger partial charge in [0.05, 0.1) is 6.42 Å². The van der Waals surface area contributed by atoms with E-state index < -0.39 is 12.6 Å². The van der Waals surface area contributed by atoms with Crippen LogP contribution >= 0.6 is 0 Å². The summed E-state index contributed by atoms with van der Waals surface area (Å²) in [5.41, 5.74) is 2.28. The largest absolute Gasteiger partial charge is 0.392 e. The third-order valence-corrected chi connectivity index (χ3v) is 3.52. The summed E-state index contributed by atoms with van der Waals surface area (Å²) in [6.07, 6.45) is 0.0650. The molecule has 1 fully saturated rings. The molecule has 0 aliphatic heterocycles. The molecule has 0 amide bonds. The predicted molar refractivity (Wildman–Crippen MR) is 66.4 cm³/mol. The minimum absolute atomic E-state index is 0.509. The zero-order valence-electron chi connectivity index (χ0n) is 10.2. The highest BCUT2D eigenvalue weighted by Gasteiger charge is 2.26. The van der Waals surface area contributed by atoms with Gasteiger partial charge in [0.1, 0.15) is 0 Å². The van der Waals surface area contributed by atoms with E-state index in [1.807, 2.05) is 18.2 Å². The number of alkyl halides is 3. The minimum atomic E-state index is -4.07. The van der Waals surface area contributed by atoms with Gasteiger partial charge in [-0.3, -0.25) is 0 Å². The lowest BCUT2D eigenvalue weighted by atomic mass is 9.81. The van der Waals surface area contributed by atoms with Crippen molar-refractivity contribution in [1.82, 2.24) is 0 Å². The molecule has 0 bridgehead atoms. The fourth-order valence-corrected chi connectivity index (χ4v) is 2.51. The summed E-state index contributed by atoms with van der Waals surface area (Å²) in [6.45, 7) is 0. The van der Waals surface area contributed by atoms with Crippen LogP contribution in [-0.2, 0) is 0 Å². The van der Waals surface area contributed by atoms with E-state index in [4.69, 9.17) is 0 Å². The fraction of sp³-hybridized carbons (Fsp3) is 0.467. The Morgan fingerprint density at radius 3 is 2.22 bits per heavy atom. The van der Waals surface area contributed by atoms with Crippen molar-refractivity contribution in [2.45, 2.75) is 44.2 Å². The molecular weight excluding hydrogens is 237 g/mol. The summed E-state index contributed by atoms with van der Waals surface area (Å²) in [7, 11) is 0. The second kappa shape index (κ2) is 5.59. The maximum absolute atomic E-state index is 12.1. The topological polar surface area (TPSA) is 0 Å². The number of allylic oxidation sites excluding steroid dienone is 2. The van der Waals surface area contributed by atoms with E-state index in [1.54, 1.807) is 0 Å². The van der Waals surface area contributed by atoms with Crippen LogP contribution in [0, 0.1) is 0 Å². The number of halogens is 3. The molecule has 2 rings (SSSR count). The summed E-state index contributed by atoms with van der Waals surface area (Å²) in [4.78, 5) is 0. The van der Waals surface area contributed by atoms with Gasteiger partial charge in [0.25, 0.3) is 0 Å². The molecule has 1 aliphatic rings. The van der Waals surface area contributed by atoms with Gasteiger partial charge in [0.2, 0.25) is 0 Å². The van der Waals surface area contributed by atoms with Crippen molar-refractivity contribution < 1.29 is 13.2 Å². The molecule has 1 aromatic rings. The second-order valence-corrected chi connectivity index (χ2v) is 4.87. The molecule has 0 nitrogen and oxygen atoms in total. The molecule has 0 saturated heterocycles. The Morgan fingerprint density at radius 2 is 1.67 bits per heavy atom. The lowest BCUT2D eigenvalue weighted by Gasteiger charge is -2.24. The first-order chi connectivity index (χ1) is 8.54. The van der Waals surface area contributed by atoms with Crippen molar-refractivity contribution in [3.8, 4) is 0 Å². The van der Waals surface area contributed by atoms with Gasteiger partial charge in [-0.2, -0.15) is 13.2 Å². The zero-order chi connectivity index (χ0) is 13.0. The highest BCUT2D eigenvalue weighted by atomic mass is 19.4. The van der Waals surface area contributed by atoms with Crippen molar-refractivity contribution in [1.29, 1.82) is 0 Å². The van der Waals surface area contributed by atoms with Crippen molar-refractivity contribution in [3.63, 3.8) is 0 Å². The Morgan fingerprint density at radius 1 is 1.06 bits per heavy atom. The lowest BCUT2D eigenvalue weighted by molar-refractivity contribution is -0.125. The Labute approximate surface area is 106 Å². The van der Waals surface area contributed by atoms with Gasteiger partial charge in [0, 0.05) is 0 Å². The third-order valence-electron chi connectivity index (χ3n) is 3.52. The average Bonchev–Trinajstić information content (AvgIpc) is 2.37. The van der Waals surface area contributed by atoms with Crippen LogP contribution in [0.15, 0.2) is 42.0 Å². The fourth-order valence-electron chi connectivity index (χ4n) is 2.51. The standard InChI is InChI=1S/C15H17F3/c16-15(17,18)11-10-12-6-8-14(9-7-12)13-4-2-1-3-5-13/h1-5,10,14H,6-9,11H2. The smallest absolute Gasteiger partial charge is 0.171 e. The van der Waals surface area contributed by atoms with Gasteiger partial charge in [-0.1, -0.05) is 42.0 Å². The van der Waals surface area contributed by atoms with Crippen molar-refractivity contribution >= 4 is 0 Å². The van der Waals surface area contributed by atoms with E-state index in [2.05, 4.69) is 12.1 Å². The van der Waals surface area contributed by atoms with E-state index in [9.17, 15) is 13.2 Å². The van der Waals surface area contributed by atoms with Crippen molar-refractivity contribution in [2.24, 2.45) is 0 Å². The summed E-state index contributed by atoms with van der Waals surface area (Å²) >= 11 is 0. The van der Waals surface area contributed by atoms with E-state index in [-0.39, 0.29) is 0 Å². The van der Waals surface area contributed by atoms with Crippen LogP contribution in [0.25, 0.3) is 0 Å². The van der Waals surface area contributed by atoms with Crippen LogP contribution in [-0.4, -0.2) is 6.18 Å². The average molecular weight is 254 g/mol. The first-order valence-corrected chi connectivity index (χ1v) is 6.34. The lowest BCUT2D eigenvalue weighted by Crippen LogP contribution is -2.09. The summed E-state index contributed by atoms with van der Waals surface area (Å²) in [5, 5.41) is 0. The molecule has 98 valence electrons. The van der Waals surface area contributed by atoms with Gasteiger partial charge >= 0.3 is 6.18 Å². The van der Waals surface area contributed by atoms with Gasteiger partial charge in [-0.05, 0) is 37.2 Å². The quantitative estimate of drug-likeness (QED) is 0.634. The highest BCUT2D eigenvalue weighted by molar-refractivity contribution is 5.22. The highest BCUT2D eigenvalue weighted by Crippen LogP contribution is 2.36. The first-order valence-electron chi connectivity index (χ1n) is 6.34. The van der Waals surface area contributed by atoms with Gasteiger partial charge in [-0.15, -0.1) is 0 Å². The zero-order valence-corrected chi connectivity index (χ0v) is 10.2. The minimum Gasteiger partial charge on any atom is -0.171 e. The van der Waals surface area contributed by atoms with Crippen LogP contribution in [0.2, 0.25) is 0 Å². The first kappa shape index (κ1) is 13.2. The number of hydrogen-bond donors (Lipinski definition) is 0. The molecule has 1 saturated carbocycles. The molecule has 0 radical (unpaired) electrons.